The van der Waals surface area contributed by atoms with Crippen molar-refractivity contribution >= 4 is 5.65 Å². The second kappa shape index (κ2) is 2.80. The van der Waals surface area contributed by atoms with E-state index in [2.05, 4.69) is 37.1 Å². The zero-order chi connectivity index (χ0) is 10.3. The van der Waals surface area contributed by atoms with Crippen LogP contribution in [0.5, 0.6) is 0 Å². The molecule has 0 bridgehead atoms. The van der Waals surface area contributed by atoms with E-state index in [-0.39, 0.29) is 5.41 Å². The molecule has 0 amide bonds. The smallest absolute Gasteiger partial charge is 0.157 e. The van der Waals surface area contributed by atoms with Gasteiger partial charge in [0.2, 0.25) is 0 Å². The molecule has 3 heteroatoms. The molecule has 0 fully saturated rings. The van der Waals surface area contributed by atoms with Crippen molar-refractivity contribution in [2.45, 2.75) is 33.1 Å². The van der Waals surface area contributed by atoms with Crippen LogP contribution in [0, 0.1) is 6.92 Å². The van der Waals surface area contributed by atoms with Crippen molar-refractivity contribution in [2.24, 2.45) is 0 Å². The van der Waals surface area contributed by atoms with E-state index in [0.717, 1.165) is 11.2 Å². The predicted octanol–water partition coefficient (Wildman–Crippen LogP) is 2.34. The zero-order valence-electron chi connectivity index (χ0n) is 9.07. The Morgan fingerprint density at radius 1 is 1.21 bits per heavy atom. The lowest BCUT2D eigenvalue weighted by molar-refractivity contribution is 0.581. The molecule has 0 atom stereocenters. The van der Waals surface area contributed by atoms with Crippen molar-refractivity contribution in [3.8, 4) is 0 Å². The van der Waals surface area contributed by atoms with Crippen LogP contribution in [0.3, 0.4) is 0 Å². The zero-order valence-corrected chi connectivity index (χ0v) is 9.07. The van der Waals surface area contributed by atoms with Gasteiger partial charge in [0.05, 0.1) is 6.20 Å². The maximum atomic E-state index is 4.41. The van der Waals surface area contributed by atoms with Gasteiger partial charge in [0.25, 0.3) is 0 Å². The van der Waals surface area contributed by atoms with Crippen molar-refractivity contribution in [1.29, 1.82) is 0 Å². The number of hydrogen-bond donors (Lipinski definition) is 0. The number of fused-ring (bicyclic) bond motifs is 1. The average molecular weight is 189 g/mol. The highest BCUT2D eigenvalue weighted by atomic mass is 15.2. The highest BCUT2D eigenvalue weighted by Gasteiger charge is 2.15. The first-order valence-electron chi connectivity index (χ1n) is 4.79. The molecular formula is C11H15N3. The van der Waals surface area contributed by atoms with E-state index >= 15 is 0 Å². The minimum atomic E-state index is 0.126. The summed E-state index contributed by atoms with van der Waals surface area (Å²) in [6.45, 7) is 8.54. The lowest BCUT2D eigenvalue weighted by Gasteiger charge is -2.17. The van der Waals surface area contributed by atoms with Crippen LogP contribution in [0.25, 0.3) is 5.65 Å². The topological polar surface area (TPSA) is 30.2 Å². The van der Waals surface area contributed by atoms with E-state index in [1.54, 1.807) is 0 Å². The van der Waals surface area contributed by atoms with E-state index in [1.807, 2.05) is 23.8 Å². The lowest BCUT2D eigenvalue weighted by atomic mass is 9.89. The molecule has 0 N–H and O–H groups in total. The maximum absolute atomic E-state index is 4.41. The Kier molecular flexibility index (Phi) is 1.84. The van der Waals surface area contributed by atoms with Gasteiger partial charge in [-0.2, -0.15) is 5.10 Å². The third-order valence-electron chi connectivity index (χ3n) is 2.40. The molecule has 0 aliphatic carbocycles. The summed E-state index contributed by atoms with van der Waals surface area (Å²) in [7, 11) is 0. The Morgan fingerprint density at radius 2 is 1.93 bits per heavy atom. The molecule has 14 heavy (non-hydrogen) atoms. The molecular weight excluding hydrogens is 174 g/mol. The van der Waals surface area contributed by atoms with E-state index in [4.69, 9.17) is 0 Å². The monoisotopic (exact) mass is 189 g/mol. The second-order valence-corrected chi connectivity index (χ2v) is 4.69. The summed E-state index contributed by atoms with van der Waals surface area (Å²) >= 11 is 0. The molecule has 2 aromatic rings. The largest absolute Gasteiger partial charge is 0.236 e. The van der Waals surface area contributed by atoms with Crippen molar-refractivity contribution < 1.29 is 0 Å². The van der Waals surface area contributed by atoms with Crippen molar-refractivity contribution in [3.63, 3.8) is 0 Å². The molecule has 0 aromatic carbocycles. The van der Waals surface area contributed by atoms with Crippen LogP contribution in [0.1, 0.15) is 31.9 Å². The van der Waals surface area contributed by atoms with Crippen molar-refractivity contribution in [3.05, 3.63) is 29.7 Å². The molecule has 0 radical (unpaired) electrons. The van der Waals surface area contributed by atoms with Crippen LogP contribution in [-0.2, 0) is 5.41 Å². The fourth-order valence-corrected chi connectivity index (χ4v) is 1.38. The third-order valence-corrected chi connectivity index (χ3v) is 2.40. The Bertz CT molecular complexity index is 463. The molecule has 2 heterocycles. The first-order valence-corrected chi connectivity index (χ1v) is 4.79. The number of aromatic nitrogens is 3. The highest BCUT2D eigenvalue weighted by Crippen LogP contribution is 2.21. The molecule has 2 aromatic heterocycles. The van der Waals surface area contributed by atoms with Gasteiger partial charge in [0, 0.05) is 18.0 Å². The van der Waals surface area contributed by atoms with Crippen LogP contribution < -0.4 is 0 Å². The van der Waals surface area contributed by atoms with Crippen LogP contribution >= 0.6 is 0 Å². The van der Waals surface area contributed by atoms with Gasteiger partial charge in [0.1, 0.15) is 0 Å². The summed E-state index contributed by atoms with van der Waals surface area (Å²) in [4.78, 5) is 4.41. The van der Waals surface area contributed by atoms with Crippen molar-refractivity contribution in [1.82, 2.24) is 14.6 Å². The van der Waals surface area contributed by atoms with Gasteiger partial charge >= 0.3 is 0 Å². The first-order chi connectivity index (χ1) is 6.48. The van der Waals surface area contributed by atoms with Gasteiger partial charge in [-0.25, -0.2) is 9.50 Å². The normalized spacial score (nSPS) is 12.3. The molecule has 3 nitrogen and oxygen atoms in total. The van der Waals surface area contributed by atoms with E-state index < -0.39 is 0 Å². The minimum Gasteiger partial charge on any atom is -0.236 e. The van der Waals surface area contributed by atoms with E-state index in [9.17, 15) is 0 Å². The standard InChI is InChI=1S/C11H15N3/c1-8-5-13-14-7-9(11(2,3)4)6-12-10(8)14/h5-7H,1-4H3. The molecule has 0 unspecified atom stereocenters. The van der Waals surface area contributed by atoms with Crippen LogP contribution in [0.15, 0.2) is 18.6 Å². The SMILES string of the molecule is Cc1cnn2cc(C(C)(C)C)cnc12. The molecule has 0 aliphatic heterocycles. The lowest BCUT2D eigenvalue weighted by Crippen LogP contribution is -2.12. The summed E-state index contributed by atoms with van der Waals surface area (Å²) in [6, 6.07) is 0. The quantitative estimate of drug-likeness (QED) is 0.636. The Hall–Kier alpha value is -1.38. The summed E-state index contributed by atoms with van der Waals surface area (Å²) in [5, 5.41) is 4.25. The predicted molar refractivity (Wildman–Crippen MR) is 56.4 cm³/mol. The average Bonchev–Trinajstić information content (AvgIpc) is 2.46. The van der Waals surface area contributed by atoms with Crippen LogP contribution in [0.4, 0.5) is 0 Å². The molecule has 74 valence electrons. The fourth-order valence-electron chi connectivity index (χ4n) is 1.38. The van der Waals surface area contributed by atoms with E-state index in [0.29, 0.717) is 0 Å². The van der Waals surface area contributed by atoms with Gasteiger partial charge in [-0.3, -0.25) is 0 Å². The van der Waals surface area contributed by atoms with Gasteiger partial charge < -0.3 is 0 Å². The molecule has 0 spiro atoms. The second-order valence-electron chi connectivity index (χ2n) is 4.69. The van der Waals surface area contributed by atoms with Crippen LogP contribution in [0.2, 0.25) is 0 Å². The summed E-state index contributed by atoms with van der Waals surface area (Å²) < 4.78 is 1.84. The Balaban J connectivity index is 2.63. The van der Waals surface area contributed by atoms with Gasteiger partial charge in [-0.05, 0) is 17.9 Å². The van der Waals surface area contributed by atoms with Gasteiger partial charge in [0.15, 0.2) is 5.65 Å². The van der Waals surface area contributed by atoms with Gasteiger partial charge in [-0.15, -0.1) is 0 Å². The summed E-state index contributed by atoms with van der Waals surface area (Å²) in [5.74, 6) is 0. The number of rotatable bonds is 0. The van der Waals surface area contributed by atoms with Gasteiger partial charge in [-0.1, -0.05) is 20.8 Å². The summed E-state index contributed by atoms with van der Waals surface area (Å²) in [6.07, 6.45) is 5.83. The van der Waals surface area contributed by atoms with Crippen molar-refractivity contribution in [2.75, 3.05) is 0 Å². The number of hydrogen-bond acceptors (Lipinski definition) is 2. The fraction of sp³-hybridized carbons (Fsp3) is 0.455. The summed E-state index contributed by atoms with van der Waals surface area (Å²) in [5.41, 5.74) is 3.39. The minimum absolute atomic E-state index is 0.126. The molecule has 0 saturated carbocycles. The number of nitrogens with zero attached hydrogens (tertiary/aromatic N) is 3. The Morgan fingerprint density at radius 3 is 2.57 bits per heavy atom. The number of aryl methyl sites for hydroxylation is 1. The van der Waals surface area contributed by atoms with E-state index in [1.165, 1.54) is 5.56 Å². The Labute approximate surface area is 83.8 Å². The first kappa shape index (κ1) is 9.19. The highest BCUT2D eigenvalue weighted by molar-refractivity contribution is 5.45. The molecule has 0 aliphatic rings. The maximum Gasteiger partial charge on any atom is 0.157 e. The molecule has 2 rings (SSSR count). The molecule has 0 saturated heterocycles. The van der Waals surface area contributed by atoms with Crippen LogP contribution in [-0.4, -0.2) is 14.6 Å². The third kappa shape index (κ3) is 1.39.